The number of carbonyl (C=O) groups is 1. The minimum atomic E-state index is -0.628. The van der Waals surface area contributed by atoms with Gasteiger partial charge < -0.3 is 16.0 Å². The third-order valence-corrected chi connectivity index (χ3v) is 4.48. The maximum atomic E-state index is 12.1. The molecule has 21 heavy (non-hydrogen) atoms. The van der Waals surface area contributed by atoms with Crippen LogP contribution in [0.5, 0.6) is 0 Å². The number of nitrogens with one attached hydrogen (secondary N) is 1. The number of likely N-dealkylation sites (tertiary alicyclic amines) is 1. The molecule has 1 aliphatic heterocycles. The number of carbonyl (C=O) groups excluding carboxylic acids is 1. The van der Waals surface area contributed by atoms with Gasteiger partial charge in [0.25, 0.3) is 0 Å². The van der Waals surface area contributed by atoms with E-state index in [1.165, 1.54) is 5.56 Å². The highest BCUT2D eigenvalue weighted by Gasteiger charge is 2.38. The van der Waals surface area contributed by atoms with Gasteiger partial charge in [-0.25, -0.2) is 0 Å². The van der Waals surface area contributed by atoms with E-state index in [9.17, 15) is 4.79 Å². The van der Waals surface area contributed by atoms with Crippen LogP contribution in [0.1, 0.15) is 38.7 Å². The zero-order valence-electron chi connectivity index (χ0n) is 13.4. The molecule has 0 spiro atoms. The van der Waals surface area contributed by atoms with Crippen LogP contribution in [0.2, 0.25) is 0 Å². The molecule has 4 nitrogen and oxygen atoms in total. The van der Waals surface area contributed by atoms with Crippen molar-refractivity contribution in [3.63, 3.8) is 0 Å². The van der Waals surface area contributed by atoms with Crippen LogP contribution in [0.4, 0.5) is 5.69 Å². The smallest absolute Gasteiger partial charge is 0.243 e. The normalized spacial score (nSPS) is 23.8. The zero-order valence-corrected chi connectivity index (χ0v) is 13.4. The van der Waals surface area contributed by atoms with Gasteiger partial charge in [0.2, 0.25) is 5.91 Å². The highest BCUT2D eigenvalue weighted by atomic mass is 16.1. The van der Waals surface area contributed by atoms with Crippen LogP contribution in [0.15, 0.2) is 24.3 Å². The first kappa shape index (κ1) is 15.8. The monoisotopic (exact) mass is 289 g/mol. The lowest BCUT2D eigenvalue weighted by atomic mass is 9.89. The Labute approximate surface area is 127 Å². The Bertz CT molecular complexity index is 501. The van der Waals surface area contributed by atoms with Gasteiger partial charge in [0, 0.05) is 18.3 Å². The molecule has 4 heteroatoms. The Morgan fingerprint density at radius 2 is 2.10 bits per heavy atom. The lowest BCUT2D eigenvalue weighted by Gasteiger charge is -2.32. The molecule has 116 valence electrons. The van der Waals surface area contributed by atoms with Crippen molar-refractivity contribution in [1.29, 1.82) is 0 Å². The van der Waals surface area contributed by atoms with Crippen LogP contribution < -0.4 is 11.1 Å². The van der Waals surface area contributed by atoms with Crippen molar-refractivity contribution in [1.82, 2.24) is 4.90 Å². The Balaban J connectivity index is 2.19. The van der Waals surface area contributed by atoms with Crippen LogP contribution >= 0.6 is 0 Å². The van der Waals surface area contributed by atoms with E-state index in [-0.39, 0.29) is 5.91 Å². The fourth-order valence-corrected chi connectivity index (χ4v) is 3.10. The van der Waals surface area contributed by atoms with Crippen molar-refractivity contribution in [2.75, 3.05) is 18.4 Å². The van der Waals surface area contributed by atoms with E-state index in [1.807, 2.05) is 12.1 Å². The maximum Gasteiger partial charge on any atom is 0.243 e. The predicted octanol–water partition coefficient (Wildman–Crippen LogP) is 2.53. The summed E-state index contributed by atoms with van der Waals surface area (Å²) in [4.78, 5) is 14.6. The fraction of sp³-hybridized carbons (Fsp3) is 0.588. The highest BCUT2D eigenvalue weighted by molar-refractivity contribution is 5.88. The quantitative estimate of drug-likeness (QED) is 0.895. The maximum absolute atomic E-state index is 12.1. The minimum absolute atomic E-state index is 0.241. The first-order valence-corrected chi connectivity index (χ1v) is 7.82. The number of nitrogens with two attached hydrogens (primary N) is 1. The standard InChI is InChI=1S/C17H27N3O/c1-13(2)20-10-5-8-17(9-11-20,16(18)21)19-15-7-4-6-14(3)12-15/h4,6-7,12-13,19H,5,8-11H2,1-3H3,(H2,18,21). The second-order valence-corrected chi connectivity index (χ2v) is 6.42. The molecule has 0 saturated carbocycles. The van der Waals surface area contributed by atoms with Crippen LogP contribution in [-0.2, 0) is 4.79 Å². The summed E-state index contributed by atoms with van der Waals surface area (Å²) in [5.41, 5.74) is 7.29. The third-order valence-electron chi connectivity index (χ3n) is 4.48. The lowest BCUT2D eigenvalue weighted by Crippen LogP contribution is -2.51. The number of hydrogen-bond donors (Lipinski definition) is 2. The number of nitrogens with zero attached hydrogens (tertiary/aromatic N) is 1. The summed E-state index contributed by atoms with van der Waals surface area (Å²) in [5, 5.41) is 3.43. The van der Waals surface area contributed by atoms with E-state index < -0.39 is 5.54 Å². The number of benzene rings is 1. The van der Waals surface area contributed by atoms with E-state index in [0.717, 1.165) is 38.0 Å². The number of rotatable bonds is 4. The second kappa shape index (κ2) is 6.48. The second-order valence-electron chi connectivity index (χ2n) is 6.42. The summed E-state index contributed by atoms with van der Waals surface area (Å²) < 4.78 is 0. The van der Waals surface area contributed by atoms with E-state index in [1.54, 1.807) is 0 Å². The van der Waals surface area contributed by atoms with Gasteiger partial charge in [0.05, 0.1) is 0 Å². The molecule has 1 aromatic rings. The molecule has 0 aromatic heterocycles. The van der Waals surface area contributed by atoms with Crippen molar-refractivity contribution in [3.8, 4) is 0 Å². The lowest BCUT2D eigenvalue weighted by molar-refractivity contribution is -0.122. The summed E-state index contributed by atoms with van der Waals surface area (Å²) in [6.07, 6.45) is 2.54. The molecule has 0 radical (unpaired) electrons. The first-order chi connectivity index (χ1) is 9.93. The van der Waals surface area contributed by atoms with Gasteiger partial charge in [-0.1, -0.05) is 12.1 Å². The Morgan fingerprint density at radius 3 is 2.71 bits per heavy atom. The summed E-state index contributed by atoms with van der Waals surface area (Å²) in [6, 6.07) is 8.63. The van der Waals surface area contributed by atoms with Crippen molar-refractivity contribution >= 4 is 11.6 Å². The topological polar surface area (TPSA) is 58.4 Å². The molecule has 0 aliphatic carbocycles. The van der Waals surface area contributed by atoms with Gasteiger partial charge in [0.1, 0.15) is 5.54 Å². The molecular weight excluding hydrogens is 262 g/mol. The van der Waals surface area contributed by atoms with E-state index in [2.05, 4.69) is 43.1 Å². The largest absolute Gasteiger partial charge is 0.371 e. The van der Waals surface area contributed by atoms with Crippen LogP contribution in [0.3, 0.4) is 0 Å². The molecule has 1 aliphatic rings. The molecule has 1 heterocycles. The van der Waals surface area contributed by atoms with Crippen molar-refractivity contribution < 1.29 is 4.79 Å². The molecule has 1 unspecified atom stereocenters. The SMILES string of the molecule is Cc1cccc(NC2(C(N)=O)CCCN(C(C)C)CC2)c1. The van der Waals surface area contributed by atoms with Gasteiger partial charge in [-0.15, -0.1) is 0 Å². The van der Waals surface area contributed by atoms with Gasteiger partial charge in [-0.2, -0.15) is 0 Å². The van der Waals surface area contributed by atoms with E-state index >= 15 is 0 Å². The average molecular weight is 289 g/mol. The molecule has 1 aromatic carbocycles. The van der Waals surface area contributed by atoms with Crippen molar-refractivity contribution in [2.24, 2.45) is 5.73 Å². The average Bonchev–Trinajstić information content (AvgIpc) is 2.62. The summed E-state index contributed by atoms with van der Waals surface area (Å²) in [6.45, 7) is 8.38. The van der Waals surface area contributed by atoms with Gasteiger partial charge >= 0.3 is 0 Å². The number of amides is 1. The van der Waals surface area contributed by atoms with E-state index in [0.29, 0.717) is 6.04 Å². The number of hydrogen-bond acceptors (Lipinski definition) is 3. The number of primary amides is 1. The molecular formula is C17H27N3O. The minimum Gasteiger partial charge on any atom is -0.371 e. The summed E-state index contributed by atoms with van der Waals surface area (Å²) in [5.74, 6) is -0.241. The Morgan fingerprint density at radius 1 is 1.33 bits per heavy atom. The van der Waals surface area contributed by atoms with Crippen molar-refractivity contribution in [3.05, 3.63) is 29.8 Å². The molecule has 1 atom stereocenters. The van der Waals surface area contributed by atoms with E-state index in [4.69, 9.17) is 5.73 Å². The van der Waals surface area contributed by atoms with Gasteiger partial charge in [-0.3, -0.25) is 4.79 Å². The van der Waals surface area contributed by atoms with Crippen LogP contribution in [0.25, 0.3) is 0 Å². The Hall–Kier alpha value is -1.55. The van der Waals surface area contributed by atoms with Gasteiger partial charge in [-0.05, 0) is 64.3 Å². The number of anilines is 1. The molecule has 1 fully saturated rings. The zero-order chi connectivity index (χ0) is 15.5. The molecule has 0 bridgehead atoms. The predicted molar refractivity (Wildman–Crippen MR) is 87.3 cm³/mol. The third kappa shape index (κ3) is 3.76. The summed E-state index contributed by atoms with van der Waals surface area (Å²) >= 11 is 0. The van der Waals surface area contributed by atoms with Crippen molar-refractivity contribution in [2.45, 2.75) is 51.6 Å². The molecule has 3 N–H and O–H groups in total. The molecule has 1 saturated heterocycles. The summed E-state index contributed by atoms with van der Waals surface area (Å²) in [7, 11) is 0. The highest BCUT2D eigenvalue weighted by Crippen LogP contribution is 2.28. The van der Waals surface area contributed by atoms with Gasteiger partial charge in [0.15, 0.2) is 0 Å². The molecule has 1 amide bonds. The van der Waals surface area contributed by atoms with Crippen LogP contribution in [0, 0.1) is 6.92 Å². The first-order valence-electron chi connectivity index (χ1n) is 7.82. The van der Waals surface area contributed by atoms with Crippen LogP contribution in [-0.4, -0.2) is 35.5 Å². The fourth-order valence-electron chi connectivity index (χ4n) is 3.10. The molecule has 2 rings (SSSR count). The Kier molecular flexibility index (Phi) is 4.88. The number of aryl methyl sites for hydroxylation is 1.